The number of nitrogens with zero attached hydrogens (tertiary/aromatic N) is 2. The Kier molecular flexibility index (Phi) is 10.1. The van der Waals surface area contributed by atoms with E-state index in [2.05, 4.69) is 268 Å². The minimum absolute atomic E-state index is 0.0384. The van der Waals surface area contributed by atoms with Gasteiger partial charge in [0.15, 0.2) is 0 Å². The summed E-state index contributed by atoms with van der Waals surface area (Å²) in [6, 6.07) is 70.1. The molecule has 4 aliphatic rings. The Bertz CT molecular complexity index is 3690. The van der Waals surface area contributed by atoms with Gasteiger partial charge in [0.1, 0.15) is 0 Å². The van der Waals surface area contributed by atoms with Crippen LogP contribution in [0.25, 0.3) is 44.5 Å². The van der Waals surface area contributed by atoms with Crippen molar-refractivity contribution in [3.63, 3.8) is 0 Å². The van der Waals surface area contributed by atoms with Crippen molar-refractivity contribution < 1.29 is 0 Å². The number of hydrogen-bond donors (Lipinski definition) is 0. The van der Waals surface area contributed by atoms with E-state index in [-0.39, 0.29) is 29.7 Å². The van der Waals surface area contributed by atoms with Crippen LogP contribution in [-0.2, 0) is 16.2 Å². The van der Waals surface area contributed by atoms with Crippen LogP contribution >= 0.6 is 0 Å². The quantitative estimate of drug-likeness (QED) is 0.159. The molecule has 4 heterocycles. The van der Waals surface area contributed by atoms with Gasteiger partial charge in [0.2, 0.25) is 13.4 Å². The lowest BCUT2D eigenvalue weighted by Gasteiger charge is -2.49. The molecule has 0 aliphatic carbocycles. The summed E-state index contributed by atoms with van der Waals surface area (Å²) in [5.74, 6) is 0.492. The summed E-state index contributed by atoms with van der Waals surface area (Å²) >= 11 is 0. The lowest BCUT2D eigenvalue weighted by molar-refractivity contribution is 0.584. The van der Waals surface area contributed by atoms with Crippen molar-refractivity contribution in [2.75, 3.05) is 9.80 Å². The van der Waals surface area contributed by atoms with Crippen LogP contribution in [0.15, 0.2) is 182 Å². The molecule has 0 saturated carbocycles. The Labute approximate surface area is 435 Å². The van der Waals surface area contributed by atoms with Gasteiger partial charge in [-0.05, 0) is 147 Å². The van der Waals surface area contributed by atoms with Crippen LogP contribution in [0.3, 0.4) is 0 Å². The van der Waals surface area contributed by atoms with Crippen molar-refractivity contribution in [1.82, 2.24) is 0 Å². The number of hydrogen-bond acceptors (Lipinski definition) is 2. The smallest absolute Gasteiger partial charge is 0.248 e. The van der Waals surface area contributed by atoms with Crippen molar-refractivity contribution in [3.8, 4) is 44.5 Å². The minimum Gasteiger partial charge on any atom is -0.311 e. The Hall–Kier alpha value is -7.29. The van der Waals surface area contributed by atoms with Gasteiger partial charge in [-0.2, -0.15) is 0 Å². The van der Waals surface area contributed by atoms with E-state index in [1.807, 2.05) is 0 Å². The molecule has 4 aliphatic heterocycles. The zero-order valence-corrected chi connectivity index (χ0v) is 44.4. The van der Waals surface area contributed by atoms with Gasteiger partial charge in [-0.3, -0.25) is 0 Å². The molecule has 0 saturated heterocycles. The lowest BCUT2D eigenvalue weighted by Crippen LogP contribution is -2.63. The standard InChI is InChI=1S/C69H64B2N2/c1-42(2)43-26-28-44(29-27-43)46-32-38-49(39-33-46)72-57-24-16-20-53-51-18-12-14-22-55(51)70(61(53)57)63-60(69(9,10)11)66-64(59(65(63)72)68(6,7)8)71-56-23-15-13-19-52(56)54-21-17-25-58(62(54)71)73(66)50-40-34-47(35-41-50)45-30-36-48(37-31-45)67(3,4)5/h12-42H,1-11H3. The van der Waals surface area contributed by atoms with Crippen LogP contribution < -0.4 is 42.6 Å². The van der Waals surface area contributed by atoms with E-state index in [0.29, 0.717) is 5.92 Å². The number of anilines is 6. The molecule has 0 amide bonds. The largest absolute Gasteiger partial charge is 0.311 e. The molecule has 0 fully saturated rings. The highest BCUT2D eigenvalue weighted by Gasteiger charge is 2.53. The van der Waals surface area contributed by atoms with Crippen molar-refractivity contribution >= 4 is 80.3 Å². The molecule has 0 atom stereocenters. The van der Waals surface area contributed by atoms with Gasteiger partial charge in [-0.15, -0.1) is 0 Å². The maximum atomic E-state index is 2.70. The van der Waals surface area contributed by atoms with Crippen molar-refractivity contribution in [2.45, 2.75) is 98.3 Å². The Morgan fingerprint density at radius 2 is 0.699 bits per heavy atom. The third-order valence-corrected chi connectivity index (χ3v) is 16.6. The first-order chi connectivity index (χ1) is 35.0. The molecule has 0 bridgehead atoms. The van der Waals surface area contributed by atoms with Gasteiger partial charge in [-0.25, -0.2) is 0 Å². The summed E-state index contributed by atoms with van der Waals surface area (Å²) < 4.78 is 0. The van der Waals surface area contributed by atoms with E-state index < -0.39 is 0 Å². The monoisotopic (exact) mass is 943 g/mol. The predicted molar refractivity (Wildman–Crippen MR) is 317 cm³/mol. The summed E-state index contributed by atoms with van der Waals surface area (Å²) in [6.45, 7) is 26.3. The average Bonchev–Trinajstić information content (AvgIpc) is 3.92. The third-order valence-electron chi connectivity index (χ3n) is 16.6. The molecule has 0 radical (unpaired) electrons. The summed E-state index contributed by atoms with van der Waals surface area (Å²) in [7, 11) is 0. The van der Waals surface area contributed by atoms with E-state index in [4.69, 9.17) is 0 Å². The highest BCUT2D eigenvalue weighted by molar-refractivity contribution is 7.04. The molecule has 13 rings (SSSR count). The predicted octanol–water partition coefficient (Wildman–Crippen LogP) is 14.6. The molecule has 2 nitrogen and oxygen atoms in total. The molecular weight excluding hydrogens is 878 g/mol. The van der Waals surface area contributed by atoms with E-state index in [1.54, 1.807) is 0 Å². The minimum atomic E-state index is -0.285. The first-order valence-corrected chi connectivity index (χ1v) is 26.7. The highest BCUT2D eigenvalue weighted by atomic mass is 15.2. The third kappa shape index (κ3) is 6.85. The Morgan fingerprint density at radius 3 is 1.07 bits per heavy atom. The van der Waals surface area contributed by atoms with Gasteiger partial charge >= 0.3 is 0 Å². The second kappa shape index (κ2) is 16.1. The average molecular weight is 943 g/mol. The van der Waals surface area contributed by atoms with Crippen LogP contribution in [0.4, 0.5) is 34.1 Å². The molecule has 0 N–H and O–H groups in total. The summed E-state index contributed by atoms with van der Waals surface area (Å²) in [5.41, 5.74) is 31.5. The van der Waals surface area contributed by atoms with Crippen molar-refractivity contribution in [1.29, 1.82) is 0 Å². The molecule has 4 heteroatoms. The maximum Gasteiger partial charge on any atom is 0.248 e. The Morgan fingerprint density at radius 1 is 0.342 bits per heavy atom. The molecular formula is C69H64B2N2. The van der Waals surface area contributed by atoms with Gasteiger partial charge in [0.25, 0.3) is 0 Å². The second-order valence-electron chi connectivity index (χ2n) is 24.7. The first kappa shape index (κ1) is 45.6. The summed E-state index contributed by atoms with van der Waals surface area (Å²) in [5, 5.41) is 0. The SMILES string of the molecule is CC(C)c1ccc(-c2ccc(N3c4cccc5c4B(c4ccccc4-5)c4c3c(C(C)(C)C)c3c(c4C(C)(C)C)N(c4ccc(-c5ccc(C(C)(C)C)cc5)cc4)c4cccc5c4B3c3ccccc3-5)cc2)cc1. The fraction of sp³-hybridized carbons (Fsp3) is 0.217. The van der Waals surface area contributed by atoms with Gasteiger partial charge in [-0.1, -0.05) is 233 Å². The zero-order valence-electron chi connectivity index (χ0n) is 44.4. The van der Waals surface area contributed by atoms with Gasteiger partial charge in [0.05, 0.1) is 0 Å². The van der Waals surface area contributed by atoms with Crippen molar-refractivity contribution in [2.24, 2.45) is 0 Å². The first-order valence-electron chi connectivity index (χ1n) is 26.7. The second-order valence-corrected chi connectivity index (χ2v) is 24.7. The lowest BCUT2D eigenvalue weighted by atomic mass is 9.31. The molecule has 9 aromatic carbocycles. The molecule has 0 aromatic heterocycles. The number of rotatable bonds is 5. The molecule has 9 aromatic rings. The maximum absolute atomic E-state index is 2.70. The Balaban J connectivity index is 1.14. The van der Waals surface area contributed by atoms with E-state index in [9.17, 15) is 0 Å². The van der Waals surface area contributed by atoms with E-state index in [0.717, 1.165) is 0 Å². The summed E-state index contributed by atoms with van der Waals surface area (Å²) in [4.78, 5) is 5.40. The van der Waals surface area contributed by atoms with Crippen LogP contribution in [-0.4, -0.2) is 13.4 Å². The normalized spacial score (nSPS) is 14.0. The van der Waals surface area contributed by atoms with Crippen LogP contribution in [0.5, 0.6) is 0 Å². The topological polar surface area (TPSA) is 6.48 Å². The fourth-order valence-corrected chi connectivity index (χ4v) is 13.4. The molecule has 0 spiro atoms. The van der Waals surface area contributed by atoms with Crippen LogP contribution in [0.1, 0.15) is 104 Å². The van der Waals surface area contributed by atoms with Gasteiger partial charge in [0, 0.05) is 34.1 Å². The summed E-state index contributed by atoms with van der Waals surface area (Å²) in [6.07, 6.45) is 0. The molecule has 73 heavy (non-hydrogen) atoms. The number of fused-ring (bicyclic) bond motifs is 10. The van der Waals surface area contributed by atoms with E-state index >= 15 is 0 Å². The highest BCUT2D eigenvalue weighted by Crippen LogP contribution is 2.52. The van der Waals surface area contributed by atoms with Crippen molar-refractivity contribution in [3.05, 3.63) is 204 Å². The molecule has 0 unspecified atom stereocenters. The number of benzene rings is 9. The zero-order chi connectivity index (χ0) is 50.5. The van der Waals surface area contributed by atoms with Crippen LogP contribution in [0, 0.1) is 0 Å². The van der Waals surface area contributed by atoms with E-state index in [1.165, 1.54) is 134 Å². The van der Waals surface area contributed by atoms with Crippen LogP contribution in [0.2, 0.25) is 0 Å². The molecule has 356 valence electrons. The van der Waals surface area contributed by atoms with Gasteiger partial charge < -0.3 is 9.80 Å². The fourth-order valence-electron chi connectivity index (χ4n) is 13.4.